The number of carbonyl (C=O) groups excluding carboxylic acids is 2. The molecule has 0 bridgehead atoms. The molecule has 0 aromatic heterocycles. The van der Waals surface area contributed by atoms with E-state index in [1.54, 1.807) is 6.92 Å². The predicted molar refractivity (Wildman–Crippen MR) is 79.8 cm³/mol. The quantitative estimate of drug-likeness (QED) is 0.447. The molecule has 2 atom stereocenters. The number of carboxylic acid groups (broad SMARTS) is 1. The summed E-state index contributed by atoms with van der Waals surface area (Å²) in [5, 5.41) is 19.2. The Morgan fingerprint density at radius 3 is 2.35 bits per heavy atom. The summed E-state index contributed by atoms with van der Waals surface area (Å²) in [5.41, 5.74) is -0.389. The van der Waals surface area contributed by atoms with Gasteiger partial charge in [-0.15, -0.1) is 0 Å². The second-order valence-electron chi connectivity index (χ2n) is 4.83. The zero-order valence-corrected chi connectivity index (χ0v) is 12.8. The van der Waals surface area contributed by atoms with Crippen LogP contribution in [0, 0.1) is 0 Å². The number of carbonyl (C=O) groups is 3. The molecule has 0 heterocycles. The first-order valence-corrected chi connectivity index (χ1v) is 6.84. The number of ether oxygens (including phenoxy) is 2. The molecule has 7 nitrogen and oxygen atoms in total. The highest BCUT2D eigenvalue weighted by molar-refractivity contribution is 6.02. The number of hydrogen-bond donors (Lipinski definition) is 2. The summed E-state index contributed by atoms with van der Waals surface area (Å²) >= 11 is 0. The van der Waals surface area contributed by atoms with Crippen LogP contribution < -0.4 is 0 Å². The minimum absolute atomic E-state index is 0.137. The van der Waals surface area contributed by atoms with Gasteiger partial charge in [0.05, 0.1) is 11.1 Å². The van der Waals surface area contributed by atoms with Gasteiger partial charge in [0.1, 0.15) is 0 Å². The van der Waals surface area contributed by atoms with Crippen LogP contribution in [0.5, 0.6) is 0 Å². The smallest absolute Gasteiger partial charge is 0.339 e. The third kappa shape index (κ3) is 4.65. The molecule has 1 aromatic rings. The topological polar surface area (TPSA) is 110 Å². The van der Waals surface area contributed by atoms with Crippen molar-refractivity contribution in [1.29, 1.82) is 0 Å². The SMILES string of the molecule is C=CC(=O)OC(C)(O)C(CC)OC(=O)c1ccccc1C(=O)O. The Labute approximate surface area is 133 Å². The lowest BCUT2D eigenvalue weighted by Gasteiger charge is -2.30. The zero-order chi connectivity index (χ0) is 17.6. The Hall–Kier alpha value is -2.67. The highest BCUT2D eigenvalue weighted by Crippen LogP contribution is 2.21. The van der Waals surface area contributed by atoms with Crippen LogP contribution in [-0.2, 0) is 14.3 Å². The van der Waals surface area contributed by atoms with Gasteiger partial charge in [0.2, 0.25) is 5.79 Å². The van der Waals surface area contributed by atoms with Crippen molar-refractivity contribution in [2.24, 2.45) is 0 Å². The molecular weight excluding hydrogens is 304 g/mol. The van der Waals surface area contributed by atoms with Crippen molar-refractivity contribution in [3.63, 3.8) is 0 Å². The van der Waals surface area contributed by atoms with Crippen LogP contribution >= 0.6 is 0 Å². The first kappa shape index (κ1) is 18.4. The number of aromatic carboxylic acids is 1. The highest BCUT2D eigenvalue weighted by atomic mass is 16.7. The van der Waals surface area contributed by atoms with E-state index in [-0.39, 0.29) is 17.5 Å². The molecule has 0 saturated carbocycles. The lowest BCUT2D eigenvalue weighted by Crippen LogP contribution is -2.45. The van der Waals surface area contributed by atoms with Gasteiger partial charge in [0.25, 0.3) is 0 Å². The van der Waals surface area contributed by atoms with Crippen LogP contribution in [0.2, 0.25) is 0 Å². The standard InChI is InChI=1S/C16H18O7/c1-4-12(16(3,21)23-13(17)5-2)22-15(20)11-9-7-6-8-10(11)14(18)19/h5-9,12,21H,2,4H2,1,3H3,(H,18,19). The van der Waals surface area contributed by atoms with Crippen LogP contribution in [-0.4, -0.2) is 40.0 Å². The maximum absolute atomic E-state index is 12.2. The molecule has 0 saturated heterocycles. The van der Waals surface area contributed by atoms with Gasteiger partial charge in [0, 0.05) is 13.0 Å². The molecule has 1 rings (SSSR count). The van der Waals surface area contributed by atoms with E-state index in [0.717, 1.165) is 6.08 Å². The van der Waals surface area contributed by atoms with Gasteiger partial charge in [-0.05, 0) is 18.6 Å². The van der Waals surface area contributed by atoms with Crippen molar-refractivity contribution in [2.75, 3.05) is 0 Å². The predicted octanol–water partition coefficient (Wildman–Crippen LogP) is 1.76. The molecule has 2 N–H and O–H groups in total. The molecule has 0 aliphatic rings. The maximum Gasteiger partial charge on any atom is 0.339 e. The fourth-order valence-electron chi connectivity index (χ4n) is 1.92. The molecular formula is C16H18O7. The number of aliphatic hydroxyl groups is 1. The Morgan fingerprint density at radius 2 is 1.87 bits per heavy atom. The van der Waals surface area contributed by atoms with Gasteiger partial charge in [-0.25, -0.2) is 14.4 Å². The fraction of sp³-hybridized carbons (Fsp3) is 0.312. The molecule has 0 radical (unpaired) electrons. The number of hydrogen-bond acceptors (Lipinski definition) is 6. The van der Waals surface area contributed by atoms with Crippen LogP contribution in [0.15, 0.2) is 36.9 Å². The molecule has 7 heteroatoms. The van der Waals surface area contributed by atoms with Crippen molar-refractivity contribution >= 4 is 17.9 Å². The normalized spacial score (nSPS) is 14.2. The largest absolute Gasteiger partial charge is 0.478 e. The first-order chi connectivity index (χ1) is 10.7. The summed E-state index contributed by atoms with van der Waals surface area (Å²) < 4.78 is 9.88. The van der Waals surface area contributed by atoms with Gasteiger partial charge in [-0.3, -0.25) is 0 Å². The molecule has 23 heavy (non-hydrogen) atoms. The van der Waals surface area contributed by atoms with E-state index in [9.17, 15) is 19.5 Å². The van der Waals surface area contributed by atoms with Crippen LogP contribution in [0.1, 0.15) is 41.0 Å². The molecule has 1 aromatic carbocycles. The van der Waals surface area contributed by atoms with Crippen LogP contribution in [0.25, 0.3) is 0 Å². The number of carboxylic acids is 1. The highest BCUT2D eigenvalue weighted by Gasteiger charge is 2.38. The average Bonchev–Trinajstić information content (AvgIpc) is 2.51. The van der Waals surface area contributed by atoms with Crippen LogP contribution in [0.3, 0.4) is 0 Å². The fourth-order valence-corrected chi connectivity index (χ4v) is 1.92. The zero-order valence-electron chi connectivity index (χ0n) is 12.8. The molecule has 0 amide bonds. The minimum Gasteiger partial charge on any atom is -0.478 e. The third-order valence-electron chi connectivity index (χ3n) is 3.07. The van der Waals surface area contributed by atoms with E-state index in [1.807, 2.05) is 0 Å². The van der Waals surface area contributed by atoms with E-state index < -0.39 is 29.8 Å². The summed E-state index contributed by atoms with van der Waals surface area (Å²) in [6.07, 6.45) is -0.179. The number of esters is 2. The van der Waals surface area contributed by atoms with E-state index in [4.69, 9.17) is 14.6 Å². The van der Waals surface area contributed by atoms with E-state index >= 15 is 0 Å². The molecule has 0 fully saturated rings. The number of rotatable bonds is 7. The van der Waals surface area contributed by atoms with E-state index in [0.29, 0.717) is 0 Å². The summed E-state index contributed by atoms with van der Waals surface area (Å²) in [6, 6.07) is 5.51. The molecule has 0 aliphatic heterocycles. The molecule has 0 aliphatic carbocycles. The molecule has 2 unspecified atom stereocenters. The summed E-state index contributed by atoms with van der Waals surface area (Å²) in [7, 11) is 0. The van der Waals surface area contributed by atoms with Gasteiger partial charge in [0.15, 0.2) is 6.10 Å². The van der Waals surface area contributed by atoms with Gasteiger partial charge < -0.3 is 19.7 Å². The van der Waals surface area contributed by atoms with Crippen molar-refractivity contribution in [1.82, 2.24) is 0 Å². The second kappa shape index (κ2) is 7.55. The monoisotopic (exact) mass is 322 g/mol. The maximum atomic E-state index is 12.2. The summed E-state index contributed by atoms with van der Waals surface area (Å²) in [4.78, 5) is 34.5. The Kier molecular flexibility index (Phi) is 6.03. The minimum atomic E-state index is -2.08. The summed E-state index contributed by atoms with van der Waals surface area (Å²) in [5.74, 6) is -5.18. The first-order valence-electron chi connectivity index (χ1n) is 6.84. The van der Waals surface area contributed by atoms with Gasteiger partial charge in [-0.1, -0.05) is 25.6 Å². The Bertz CT molecular complexity index is 619. The molecule has 124 valence electrons. The lowest BCUT2D eigenvalue weighted by molar-refractivity contribution is -0.234. The second-order valence-corrected chi connectivity index (χ2v) is 4.83. The lowest BCUT2D eigenvalue weighted by atomic mass is 10.1. The van der Waals surface area contributed by atoms with Gasteiger partial charge >= 0.3 is 17.9 Å². The van der Waals surface area contributed by atoms with E-state index in [1.165, 1.54) is 31.2 Å². The average molecular weight is 322 g/mol. The van der Waals surface area contributed by atoms with Crippen LogP contribution in [0.4, 0.5) is 0 Å². The Morgan fingerprint density at radius 1 is 1.30 bits per heavy atom. The Balaban J connectivity index is 2.99. The third-order valence-corrected chi connectivity index (χ3v) is 3.07. The van der Waals surface area contributed by atoms with Crippen molar-refractivity contribution < 1.29 is 34.1 Å². The summed E-state index contributed by atoms with van der Waals surface area (Å²) in [6.45, 7) is 5.98. The van der Waals surface area contributed by atoms with Crippen molar-refractivity contribution in [3.8, 4) is 0 Å². The van der Waals surface area contributed by atoms with Crippen molar-refractivity contribution in [2.45, 2.75) is 32.2 Å². The molecule has 0 spiro atoms. The number of benzene rings is 1. The van der Waals surface area contributed by atoms with Gasteiger partial charge in [-0.2, -0.15) is 0 Å². The van der Waals surface area contributed by atoms with Crippen molar-refractivity contribution in [3.05, 3.63) is 48.0 Å². The van der Waals surface area contributed by atoms with E-state index in [2.05, 4.69) is 6.58 Å².